The van der Waals surface area contributed by atoms with E-state index in [0.717, 1.165) is 12.1 Å². The first-order valence-electron chi connectivity index (χ1n) is 5.67. The van der Waals surface area contributed by atoms with Crippen LogP contribution >= 0.6 is 0 Å². The number of aliphatic carboxylic acids is 1. The molecule has 0 aliphatic carbocycles. The lowest BCUT2D eigenvalue weighted by atomic mass is 9.96. The van der Waals surface area contributed by atoms with E-state index in [4.69, 9.17) is 5.11 Å². The Balaban J connectivity index is 2.18. The van der Waals surface area contributed by atoms with E-state index in [1.165, 1.54) is 11.3 Å². The molecular weight excluding hydrogens is 202 g/mol. The van der Waals surface area contributed by atoms with Crippen LogP contribution in [0.2, 0.25) is 0 Å². The van der Waals surface area contributed by atoms with Crippen LogP contribution in [0.1, 0.15) is 30.9 Å². The van der Waals surface area contributed by atoms with Gasteiger partial charge in [-0.25, -0.2) is 0 Å². The van der Waals surface area contributed by atoms with Crippen molar-refractivity contribution in [2.24, 2.45) is 5.92 Å². The molecule has 0 amide bonds. The van der Waals surface area contributed by atoms with Gasteiger partial charge < -0.3 is 10.4 Å². The van der Waals surface area contributed by atoms with Gasteiger partial charge in [0.25, 0.3) is 0 Å². The average molecular weight is 219 g/mol. The molecule has 2 atom stereocenters. The zero-order chi connectivity index (χ0) is 11.7. The summed E-state index contributed by atoms with van der Waals surface area (Å²) in [5.41, 5.74) is 3.62. The fourth-order valence-electron chi connectivity index (χ4n) is 2.12. The maximum absolute atomic E-state index is 10.8. The molecule has 1 aliphatic rings. The molecule has 0 radical (unpaired) electrons. The van der Waals surface area contributed by atoms with Gasteiger partial charge in [-0.15, -0.1) is 0 Å². The molecule has 2 N–H and O–H groups in total. The molecule has 16 heavy (non-hydrogen) atoms. The minimum Gasteiger partial charge on any atom is -0.481 e. The average Bonchev–Trinajstić information content (AvgIpc) is 2.60. The number of benzene rings is 1. The number of carbonyl (C=O) groups is 1. The third kappa shape index (κ3) is 2.03. The number of hydrogen-bond donors (Lipinski definition) is 2. The third-order valence-electron chi connectivity index (χ3n) is 3.21. The number of carboxylic acid groups (broad SMARTS) is 1. The van der Waals surface area contributed by atoms with Crippen molar-refractivity contribution in [2.75, 3.05) is 11.9 Å². The van der Waals surface area contributed by atoms with Crippen molar-refractivity contribution in [3.8, 4) is 0 Å². The first kappa shape index (κ1) is 11.0. The molecule has 2 unspecified atom stereocenters. The highest BCUT2D eigenvalue weighted by Gasteiger charge is 2.19. The summed E-state index contributed by atoms with van der Waals surface area (Å²) in [5.74, 6) is -0.524. The lowest BCUT2D eigenvalue weighted by Crippen LogP contribution is -2.12. The van der Waals surface area contributed by atoms with E-state index >= 15 is 0 Å². The van der Waals surface area contributed by atoms with Crippen molar-refractivity contribution < 1.29 is 9.90 Å². The molecule has 0 saturated carbocycles. The van der Waals surface area contributed by atoms with Crippen molar-refractivity contribution in [3.63, 3.8) is 0 Å². The second-order valence-electron chi connectivity index (χ2n) is 4.65. The predicted molar refractivity (Wildman–Crippen MR) is 63.9 cm³/mol. The molecule has 1 aliphatic heterocycles. The number of fused-ring (bicyclic) bond motifs is 1. The Kier molecular flexibility index (Phi) is 2.86. The van der Waals surface area contributed by atoms with Gasteiger partial charge in [-0.2, -0.15) is 0 Å². The molecular formula is C13H17NO2. The zero-order valence-electron chi connectivity index (χ0n) is 9.66. The van der Waals surface area contributed by atoms with Gasteiger partial charge in [0.05, 0.1) is 5.92 Å². The van der Waals surface area contributed by atoms with Crippen molar-refractivity contribution in [2.45, 2.75) is 26.2 Å². The van der Waals surface area contributed by atoms with E-state index in [1.54, 1.807) is 6.92 Å². The summed E-state index contributed by atoms with van der Waals surface area (Å²) < 4.78 is 0. The predicted octanol–water partition coefficient (Wildman–Crippen LogP) is 2.48. The van der Waals surface area contributed by atoms with Gasteiger partial charge in [0.1, 0.15) is 0 Å². The first-order valence-corrected chi connectivity index (χ1v) is 5.67. The molecule has 0 spiro atoms. The van der Waals surface area contributed by atoms with Gasteiger partial charge >= 0.3 is 5.97 Å². The minimum absolute atomic E-state index is 0.317. The van der Waals surface area contributed by atoms with Crippen LogP contribution in [-0.4, -0.2) is 17.6 Å². The summed E-state index contributed by atoms with van der Waals surface area (Å²) in [5, 5.41) is 12.2. The van der Waals surface area contributed by atoms with Crippen LogP contribution in [0.25, 0.3) is 0 Å². The molecule has 1 heterocycles. The van der Waals surface area contributed by atoms with Gasteiger partial charge in [-0.05, 0) is 23.6 Å². The van der Waals surface area contributed by atoms with E-state index < -0.39 is 5.97 Å². The maximum Gasteiger partial charge on any atom is 0.306 e. The molecule has 0 aromatic heterocycles. The zero-order valence-corrected chi connectivity index (χ0v) is 9.66. The number of hydrogen-bond acceptors (Lipinski definition) is 2. The van der Waals surface area contributed by atoms with Crippen molar-refractivity contribution in [1.82, 2.24) is 0 Å². The fourth-order valence-corrected chi connectivity index (χ4v) is 2.12. The van der Waals surface area contributed by atoms with Crippen LogP contribution < -0.4 is 5.32 Å². The Morgan fingerprint density at radius 1 is 1.62 bits per heavy atom. The van der Waals surface area contributed by atoms with Crippen LogP contribution in [0, 0.1) is 5.92 Å². The Morgan fingerprint density at radius 2 is 2.38 bits per heavy atom. The SMILES string of the molecule is CC(Cc1ccc2c(c1)C(C)CN2)C(=O)O. The Hall–Kier alpha value is -1.51. The number of anilines is 1. The number of carboxylic acids is 1. The van der Waals surface area contributed by atoms with Gasteiger partial charge in [0.2, 0.25) is 0 Å². The summed E-state index contributed by atoms with van der Waals surface area (Å²) >= 11 is 0. The summed E-state index contributed by atoms with van der Waals surface area (Å²) in [4.78, 5) is 10.8. The Labute approximate surface area is 95.5 Å². The Morgan fingerprint density at radius 3 is 3.06 bits per heavy atom. The van der Waals surface area contributed by atoms with Crippen LogP contribution in [-0.2, 0) is 11.2 Å². The van der Waals surface area contributed by atoms with Gasteiger partial charge in [0.15, 0.2) is 0 Å². The highest BCUT2D eigenvalue weighted by Crippen LogP contribution is 2.32. The summed E-state index contributed by atoms with van der Waals surface area (Å²) in [6.07, 6.45) is 0.606. The van der Waals surface area contributed by atoms with Gasteiger partial charge in [-0.1, -0.05) is 26.0 Å². The van der Waals surface area contributed by atoms with Gasteiger partial charge in [0, 0.05) is 18.2 Å². The highest BCUT2D eigenvalue weighted by atomic mass is 16.4. The topological polar surface area (TPSA) is 49.3 Å². The second kappa shape index (κ2) is 4.16. The van der Waals surface area contributed by atoms with Crippen LogP contribution in [0.4, 0.5) is 5.69 Å². The van der Waals surface area contributed by atoms with E-state index in [2.05, 4.69) is 24.4 Å². The fraction of sp³-hybridized carbons (Fsp3) is 0.462. The first-order chi connectivity index (χ1) is 7.58. The van der Waals surface area contributed by atoms with Crippen LogP contribution in [0.5, 0.6) is 0 Å². The molecule has 2 rings (SSSR count). The lowest BCUT2D eigenvalue weighted by molar-refractivity contribution is -0.141. The standard InChI is InChI=1S/C13H17NO2/c1-8(13(15)16)5-10-3-4-12-11(6-10)9(2)7-14-12/h3-4,6,8-9,14H,5,7H2,1-2H3,(H,15,16). The van der Waals surface area contributed by atoms with E-state index in [9.17, 15) is 4.79 Å². The highest BCUT2D eigenvalue weighted by molar-refractivity contribution is 5.70. The third-order valence-corrected chi connectivity index (χ3v) is 3.21. The Bertz CT molecular complexity index is 414. The molecule has 3 nitrogen and oxygen atoms in total. The van der Waals surface area contributed by atoms with E-state index in [-0.39, 0.29) is 5.92 Å². The molecule has 1 aromatic carbocycles. The van der Waals surface area contributed by atoms with Crippen molar-refractivity contribution in [3.05, 3.63) is 29.3 Å². The number of rotatable bonds is 3. The molecule has 0 fully saturated rings. The van der Waals surface area contributed by atoms with E-state index in [0.29, 0.717) is 12.3 Å². The number of nitrogens with one attached hydrogen (secondary N) is 1. The van der Waals surface area contributed by atoms with Gasteiger partial charge in [-0.3, -0.25) is 4.79 Å². The molecule has 1 aromatic rings. The summed E-state index contributed by atoms with van der Waals surface area (Å²) in [6.45, 7) is 4.91. The second-order valence-corrected chi connectivity index (χ2v) is 4.65. The summed E-state index contributed by atoms with van der Waals surface area (Å²) in [6, 6.07) is 6.21. The quantitative estimate of drug-likeness (QED) is 0.821. The smallest absolute Gasteiger partial charge is 0.306 e. The van der Waals surface area contributed by atoms with Crippen LogP contribution in [0.15, 0.2) is 18.2 Å². The molecule has 3 heteroatoms. The maximum atomic E-state index is 10.8. The minimum atomic E-state index is -0.730. The molecule has 0 bridgehead atoms. The molecule has 86 valence electrons. The van der Waals surface area contributed by atoms with Crippen molar-refractivity contribution >= 4 is 11.7 Å². The van der Waals surface area contributed by atoms with Crippen molar-refractivity contribution in [1.29, 1.82) is 0 Å². The molecule has 0 saturated heterocycles. The monoisotopic (exact) mass is 219 g/mol. The lowest BCUT2D eigenvalue weighted by Gasteiger charge is -2.09. The largest absolute Gasteiger partial charge is 0.481 e. The van der Waals surface area contributed by atoms with Crippen LogP contribution in [0.3, 0.4) is 0 Å². The van der Waals surface area contributed by atoms with E-state index in [1.807, 2.05) is 6.07 Å². The normalized spacial score (nSPS) is 20.0. The summed E-state index contributed by atoms with van der Waals surface area (Å²) in [7, 11) is 0.